The van der Waals surface area contributed by atoms with Crippen LogP contribution in [0.3, 0.4) is 0 Å². The summed E-state index contributed by atoms with van der Waals surface area (Å²) in [5.41, 5.74) is 0.492. The molecule has 1 saturated carbocycles. The van der Waals surface area contributed by atoms with Crippen molar-refractivity contribution in [3.8, 4) is 0 Å². The van der Waals surface area contributed by atoms with Gasteiger partial charge in [0.2, 0.25) is 0 Å². The maximum Gasteiger partial charge on any atom is 0.366 e. The van der Waals surface area contributed by atoms with Crippen molar-refractivity contribution in [2.45, 2.75) is 25.7 Å². The van der Waals surface area contributed by atoms with Gasteiger partial charge in [0.05, 0.1) is 0 Å². The van der Waals surface area contributed by atoms with Crippen LogP contribution in [-0.4, -0.2) is 21.7 Å². The molecule has 0 atom stereocenters. The van der Waals surface area contributed by atoms with Crippen molar-refractivity contribution in [3.63, 3.8) is 0 Å². The number of hydrogen-bond acceptors (Lipinski definition) is 4. The molecule has 2 N–H and O–H groups in total. The lowest BCUT2D eigenvalue weighted by Crippen LogP contribution is -2.11. The Kier molecular flexibility index (Phi) is 2.84. The van der Waals surface area contributed by atoms with Gasteiger partial charge in [-0.1, -0.05) is 17.9 Å². The smallest absolute Gasteiger partial charge is 0.366 e. The normalized spacial score (nSPS) is 16.8. The summed E-state index contributed by atoms with van der Waals surface area (Å²) in [6, 6.07) is 0. The van der Waals surface area contributed by atoms with Crippen LogP contribution >= 0.6 is 0 Å². The maximum absolute atomic E-state index is 10.6. The first-order valence-corrected chi connectivity index (χ1v) is 5.19. The molecule has 6 nitrogen and oxygen atoms in total. The van der Waals surface area contributed by atoms with Gasteiger partial charge in [0.25, 0.3) is 0 Å². The molecule has 0 aromatic carbocycles. The van der Waals surface area contributed by atoms with Crippen molar-refractivity contribution in [1.29, 1.82) is 0 Å². The van der Waals surface area contributed by atoms with Gasteiger partial charge in [-0.05, 0) is 23.7 Å². The van der Waals surface area contributed by atoms with E-state index in [0.717, 1.165) is 6.54 Å². The number of nitrogens with zero attached hydrogens (tertiary/aromatic N) is 2. The van der Waals surface area contributed by atoms with Gasteiger partial charge in [-0.15, -0.1) is 5.10 Å². The molecule has 0 radical (unpaired) electrons. The summed E-state index contributed by atoms with van der Waals surface area (Å²) in [7, 11) is 0. The molecule has 0 spiro atoms. The quantitative estimate of drug-likeness (QED) is 0.587. The fourth-order valence-electron chi connectivity index (χ4n) is 2.02. The summed E-state index contributed by atoms with van der Waals surface area (Å²) in [5.74, 6) is 0.604. The molecule has 0 amide bonds. The molecule has 1 aromatic rings. The van der Waals surface area contributed by atoms with E-state index in [2.05, 4.69) is 15.5 Å². The third-order valence-electron chi connectivity index (χ3n) is 2.86. The average molecular weight is 210 g/mol. The molecule has 0 aliphatic heterocycles. The number of nitrogens with one attached hydrogen (secondary N) is 2. The second-order valence-electron chi connectivity index (χ2n) is 3.92. The van der Waals surface area contributed by atoms with Gasteiger partial charge in [0.15, 0.2) is 5.69 Å². The average Bonchev–Trinajstić information content (AvgIpc) is 2.86. The molecule has 1 aliphatic rings. The Bertz CT molecular complexity index is 344. The number of nitro groups is 1. The molecule has 1 aromatic heterocycles. The number of rotatable bonds is 4. The number of aromatic amines is 1. The summed E-state index contributed by atoms with van der Waals surface area (Å²) in [6.45, 7) is 0.806. The number of H-pyrrole nitrogens is 1. The van der Waals surface area contributed by atoms with Crippen molar-refractivity contribution in [3.05, 3.63) is 16.3 Å². The summed E-state index contributed by atoms with van der Waals surface area (Å²) in [5, 5.41) is 19.7. The third-order valence-corrected chi connectivity index (χ3v) is 2.86. The Morgan fingerprint density at radius 3 is 3.00 bits per heavy atom. The molecule has 0 bridgehead atoms. The van der Waals surface area contributed by atoms with Crippen LogP contribution in [0.15, 0.2) is 6.20 Å². The third kappa shape index (κ3) is 2.26. The van der Waals surface area contributed by atoms with Crippen molar-refractivity contribution >= 4 is 11.5 Å². The second-order valence-corrected chi connectivity index (χ2v) is 3.92. The summed E-state index contributed by atoms with van der Waals surface area (Å²) >= 11 is 0. The highest BCUT2D eigenvalue weighted by Crippen LogP contribution is 2.26. The van der Waals surface area contributed by atoms with Crippen LogP contribution < -0.4 is 5.32 Å². The lowest BCUT2D eigenvalue weighted by molar-refractivity contribution is -0.388. The molecule has 0 saturated heterocycles. The Morgan fingerprint density at radius 1 is 1.60 bits per heavy atom. The molecule has 1 aliphatic carbocycles. The van der Waals surface area contributed by atoms with Gasteiger partial charge in [0.1, 0.15) is 6.20 Å². The predicted octanol–water partition coefficient (Wildman–Crippen LogP) is 1.92. The number of aromatic nitrogens is 2. The monoisotopic (exact) mass is 210 g/mol. The molecule has 2 rings (SSSR count). The van der Waals surface area contributed by atoms with E-state index >= 15 is 0 Å². The zero-order valence-corrected chi connectivity index (χ0v) is 8.40. The van der Waals surface area contributed by atoms with Gasteiger partial charge in [-0.2, -0.15) is 0 Å². The van der Waals surface area contributed by atoms with E-state index < -0.39 is 4.92 Å². The molecular weight excluding hydrogens is 196 g/mol. The van der Waals surface area contributed by atoms with Crippen LogP contribution in [0.25, 0.3) is 0 Å². The van der Waals surface area contributed by atoms with E-state index in [1.165, 1.54) is 31.9 Å². The van der Waals surface area contributed by atoms with Crippen molar-refractivity contribution in [2.24, 2.45) is 5.92 Å². The van der Waals surface area contributed by atoms with Crippen LogP contribution in [0.4, 0.5) is 11.5 Å². The molecule has 1 heterocycles. The topological polar surface area (TPSA) is 83.8 Å². The first-order valence-electron chi connectivity index (χ1n) is 5.19. The Labute approximate surface area is 87.2 Å². The van der Waals surface area contributed by atoms with Gasteiger partial charge < -0.3 is 15.4 Å². The predicted molar refractivity (Wildman–Crippen MR) is 55.7 cm³/mol. The zero-order chi connectivity index (χ0) is 10.7. The molecular formula is C9H14N4O2. The van der Waals surface area contributed by atoms with Crippen LogP contribution in [0.1, 0.15) is 25.7 Å². The minimum atomic E-state index is -0.454. The maximum atomic E-state index is 10.6. The van der Waals surface area contributed by atoms with E-state index in [-0.39, 0.29) is 5.82 Å². The van der Waals surface area contributed by atoms with E-state index in [9.17, 15) is 10.1 Å². The van der Waals surface area contributed by atoms with E-state index in [1.807, 2.05) is 0 Å². The highest BCUT2D eigenvalue weighted by Gasteiger charge is 2.18. The van der Waals surface area contributed by atoms with Crippen molar-refractivity contribution < 1.29 is 4.92 Å². The molecule has 1 fully saturated rings. The molecule has 0 unspecified atom stereocenters. The largest absolute Gasteiger partial charge is 0.377 e. The van der Waals surface area contributed by atoms with E-state index in [4.69, 9.17) is 0 Å². The Morgan fingerprint density at radius 2 is 2.33 bits per heavy atom. The lowest BCUT2D eigenvalue weighted by Gasteiger charge is -2.09. The fourth-order valence-corrected chi connectivity index (χ4v) is 2.02. The molecule has 6 heteroatoms. The minimum absolute atomic E-state index is 0.0482. The second kappa shape index (κ2) is 4.29. The van der Waals surface area contributed by atoms with Crippen LogP contribution in [0, 0.1) is 16.0 Å². The lowest BCUT2D eigenvalue weighted by atomic mass is 10.1. The van der Waals surface area contributed by atoms with E-state index in [0.29, 0.717) is 11.6 Å². The summed E-state index contributed by atoms with van der Waals surface area (Å²) in [4.78, 5) is 10.1. The first-order chi connectivity index (χ1) is 7.27. The SMILES string of the molecule is O=[N+]([O-])c1[nH]ncc1NCC1CCCC1. The molecule has 82 valence electrons. The Balaban J connectivity index is 1.92. The first kappa shape index (κ1) is 9.95. The van der Waals surface area contributed by atoms with Crippen molar-refractivity contribution in [1.82, 2.24) is 10.2 Å². The van der Waals surface area contributed by atoms with Gasteiger partial charge in [-0.3, -0.25) is 0 Å². The fraction of sp³-hybridized carbons (Fsp3) is 0.667. The van der Waals surface area contributed by atoms with Gasteiger partial charge in [-0.25, -0.2) is 0 Å². The van der Waals surface area contributed by atoms with Crippen LogP contribution in [-0.2, 0) is 0 Å². The number of hydrogen-bond donors (Lipinski definition) is 2. The van der Waals surface area contributed by atoms with Crippen LogP contribution in [0.5, 0.6) is 0 Å². The molecule has 15 heavy (non-hydrogen) atoms. The zero-order valence-electron chi connectivity index (χ0n) is 8.40. The number of anilines is 1. The standard InChI is InChI=1S/C9H14N4O2/c14-13(15)9-8(6-11-12-9)10-5-7-3-1-2-4-7/h6-7,10H,1-5H2,(H,11,12). The van der Waals surface area contributed by atoms with Crippen molar-refractivity contribution in [2.75, 3.05) is 11.9 Å². The highest BCUT2D eigenvalue weighted by molar-refractivity contribution is 5.55. The highest BCUT2D eigenvalue weighted by atomic mass is 16.6. The van der Waals surface area contributed by atoms with Crippen LogP contribution in [0.2, 0.25) is 0 Å². The van der Waals surface area contributed by atoms with Gasteiger partial charge in [0, 0.05) is 6.54 Å². The van der Waals surface area contributed by atoms with E-state index in [1.54, 1.807) is 0 Å². The summed E-state index contributed by atoms with van der Waals surface area (Å²) < 4.78 is 0. The minimum Gasteiger partial charge on any atom is -0.377 e. The van der Waals surface area contributed by atoms with Gasteiger partial charge >= 0.3 is 5.82 Å². The Hall–Kier alpha value is -1.59. The summed E-state index contributed by atoms with van der Waals surface area (Å²) in [6.07, 6.45) is 6.46.